The highest BCUT2D eigenvalue weighted by molar-refractivity contribution is 6.30. The highest BCUT2D eigenvalue weighted by Crippen LogP contribution is 2.10. The summed E-state index contributed by atoms with van der Waals surface area (Å²) in [5, 5.41) is 6.81. The molecule has 0 fully saturated rings. The van der Waals surface area contributed by atoms with E-state index >= 15 is 0 Å². The number of anilines is 1. The van der Waals surface area contributed by atoms with E-state index in [2.05, 4.69) is 20.6 Å². The van der Waals surface area contributed by atoms with Crippen LogP contribution in [-0.4, -0.2) is 22.4 Å². The molecule has 3 rings (SSSR count). The summed E-state index contributed by atoms with van der Waals surface area (Å²) in [7, 11) is 0. The summed E-state index contributed by atoms with van der Waals surface area (Å²) < 4.78 is 0. The summed E-state index contributed by atoms with van der Waals surface area (Å²) in [4.78, 5) is 20.6. The summed E-state index contributed by atoms with van der Waals surface area (Å²) in [5.41, 5.74) is 3.30. The van der Waals surface area contributed by atoms with Crippen LogP contribution in [0, 0.1) is 0 Å². The van der Waals surface area contributed by atoms with E-state index in [1.807, 2.05) is 48.5 Å². The van der Waals surface area contributed by atoms with E-state index in [-0.39, 0.29) is 5.91 Å². The lowest BCUT2D eigenvalue weighted by Crippen LogP contribution is -2.26. The van der Waals surface area contributed by atoms with Gasteiger partial charge in [0.15, 0.2) is 0 Å². The van der Waals surface area contributed by atoms with Gasteiger partial charge < -0.3 is 10.6 Å². The molecule has 2 aromatic heterocycles. The van der Waals surface area contributed by atoms with Crippen molar-refractivity contribution >= 4 is 23.2 Å². The van der Waals surface area contributed by atoms with Gasteiger partial charge in [0.1, 0.15) is 5.69 Å². The molecule has 2 heterocycles. The minimum atomic E-state index is -0.185. The maximum Gasteiger partial charge on any atom is 0.269 e. The molecule has 0 radical (unpaired) electrons. The Balaban J connectivity index is 1.46. The zero-order valence-electron chi connectivity index (χ0n) is 14.2. The molecular weight excluding hydrogens is 348 g/mol. The van der Waals surface area contributed by atoms with Crippen LogP contribution in [0.15, 0.2) is 67.0 Å². The summed E-state index contributed by atoms with van der Waals surface area (Å²) in [6, 6.07) is 16.9. The fourth-order valence-electron chi connectivity index (χ4n) is 2.39. The van der Waals surface area contributed by atoms with Crippen LogP contribution >= 0.6 is 11.6 Å². The monoisotopic (exact) mass is 366 g/mol. The molecule has 0 spiro atoms. The van der Waals surface area contributed by atoms with Gasteiger partial charge in [-0.25, -0.2) is 4.98 Å². The third kappa shape index (κ3) is 5.29. The van der Waals surface area contributed by atoms with E-state index in [0.29, 0.717) is 23.8 Å². The van der Waals surface area contributed by atoms with Crippen LogP contribution < -0.4 is 10.6 Å². The lowest BCUT2D eigenvalue weighted by molar-refractivity contribution is 0.0949. The predicted octanol–water partition coefficient (Wildman–Crippen LogP) is 3.71. The highest BCUT2D eigenvalue weighted by Gasteiger charge is 2.06. The van der Waals surface area contributed by atoms with Crippen molar-refractivity contribution in [2.24, 2.45) is 0 Å². The first-order valence-corrected chi connectivity index (χ1v) is 8.71. The van der Waals surface area contributed by atoms with Gasteiger partial charge in [-0.2, -0.15) is 0 Å². The Hall–Kier alpha value is -2.92. The molecule has 2 N–H and O–H groups in total. The first kappa shape index (κ1) is 17.9. The van der Waals surface area contributed by atoms with Gasteiger partial charge in [0, 0.05) is 17.8 Å². The van der Waals surface area contributed by atoms with Crippen molar-refractivity contribution in [1.29, 1.82) is 0 Å². The molecular formula is C20H19ClN4O. The normalized spacial score (nSPS) is 10.3. The number of hydrogen-bond donors (Lipinski definition) is 2. The molecule has 26 heavy (non-hydrogen) atoms. The third-order valence-corrected chi connectivity index (χ3v) is 4.06. The number of nitrogens with one attached hydrogen (secondary N) is 2. The van der Waals surface area contributed by atoms with Crippen molar-refractivity contribution < 1.29 is 4.79 Å². The van der Waals surface area contributed by atoms with Gasteiger partial charge in [0.25, 0.3) is 5.91 Å². The predicted molar refractivity (Wildman–Crippen MR) is 103 cm³/mol. The maximum absolute atomic E-state index is 12.2. The van der Waals surface area contributed by atoms with E-state index in [9.17, 15) is 4.79 Å². The zero-order chi connectivity index (χ0) is 18.2. The Morgan fingerprint density at radius 2 is 1.85 bits per heavy atom. The standard InChI is InChI=1S/C20H19ClN4O/c21-16-6-4-15(5-7-16)10-12-23-20(26)19-9-8-18(14-25-19)24-13-17-3-1-2-11-22-17/h1-9,11,14,24H,10,12-13H2,(H,23,26). The fraction of sp³-hybridized carbons (Fsp3) is 0.150. The molecule has 0 saturated carbocycles. The number of benzene rings is 1. The molecule has 5 nitrogen and oxygen atoms in total. The van der Waals surface area contributed by atoms with Gasteiger partial charge in [-0.05, 0) is 48.4 Å². The van der Waals surface area contributed by atoms with E-state index in [0.717, 1.165) is 23.4 Å². The fourth-order valence-corrected chi connectivity index (χ4v) is 2.52. The number of nitrogens with zero attached hydrogens (tertiary/aromatic N) is 2. The molecule has 1 amide bonds. The van der Waals surface area contributed by atoms with Gasteiger partial charge in [-0.3, -0.25) is 9.78 Å². The molecule has 0 aliphatic carbocycles. The van der Waals surface area contributed by atoms with Crippen molar-refractivity contribution in [3.8, 4) is 0 Å². The Labute approximate surface area is 157 Å². The zero-order valence-corrected chi connectivity index (χ0v) is 14.9. The molecule has 0 unspecified atom stereocenters. The Bertz CT molecular complexity index is 836. The summed E-state index contributed by atoms with van der Waals surface area (Å²) in [6.45, 7) is 1.15. The first-order valence-electron chi connectivity index (χ1n) is 8.33. The van der Waals surface area contributed by atoms with Crippen LogP contribution in [0.3, 0.4) is 0 Å². The number of pyridine rings is 2. The largest absolute Gasteiger partial charge is 0.378 e. The maximum atomic E-state index is 12.2. The van der Waals surface area contributed by atoms with E-state index < -0.39 is 0 Å². The molecule has 0 aliphatic heterocycles. The number of hydrogen-bond acceptors (Lipinski definition) is 4. The van der Waals surface area contributed by atoms with Crippen molar-refractivity contribution in [3.05, 3.63) is 89.0 Å². The third-order valence-electron chi connectivity index (χ3n) is 3.81. The molecule has 3 aromatic rings. The van der Waals surface area contributed by atoms with Crippen LogP contribution in [-0.2, 0) is 13.0 Å². The van der Waals surface area contributed by atoms with Crippen molar-refractivity contribution in [2.75, 3.05) is 11.9 Å². The van der Waals surface area contributed by atoms with Crippen LogP contribution in [0.25, 0.3) is 0 Å². The van der Waals surface area contributed by atoms with Crippen LogP contribution in [0.1, 0.15) is 21.7 Å². The Morgan fingerprint density at radius 3 is 2.54 bits per heavy atom. The van der Waals surface area contributed by atoms with Gasteiger partial charge >= 0.3 is 0 Å². The number of carbonyl (C=O) groups excluding carboxylic acids is 1. The van der Waals surface area contributed by atoms with Crippen LogP contribution in [0.2, 0.25) is 5.02 Å². The number of halogens is 1. The van der Waals surface area contributed by atoms with E-state index in [1.165, 1.54) is 0 Å². The number of amides is 1. The summed E-state index contributed by atoms with van der Waals surface area (Å²) in [5.74, 6) is -0.185. The van der Waals surface area contributed by atoms with Gasteiger partial charge in [0.05, 0.1) is 24.1 Å². The second-order valence-corrected chi connectivity index (χ2v) is 6.18. The van der Waals surface area contributed by atoms with Gasteiger partial charge in [-0.1, -0.05) is 29.8 Å². The molecule has 0 saturated heterocycles. The average molecular weight is 367 g/mol. The van der Waals surface area contributed by atoms with Crippen molar-refractivity contribution in [1.82, 2.24) is 15.3 Å². The molecule has 0 bridgehead atoms. The Morgan fingerprint density at radius 1 is 1.00 bits per heavy atom. The van der Waals surface area contributed by atoms with E-state index in [4.69, 9.17) is 11.6 Å². The first-order chi connectivity index (χ1) is 12.7. The summed E-state index contributed by atoms with van der Waals surface area (Å²) >= 11 is 5.86. The van der Waals surface area contributed by atoms with Crippen LogP contribution in [0.4, 0.5) is 5.69 Å². The topological polar surface area (TPSA) is 66.9 Å². The second-order valence-electron chi connectivity index (χ2n) is 5.74. The molecule has 6 heteroatoms. The Kier molecular flexibility index (Phi) is 6.17. The smallest absolute Gasteiger partial charge is 0.269 e. The van der Waals surface area contributed by atoms with Crippen molar-refractivity contribution in [3.63, 3.8) is 0 Å². The number of carbonyl (C=O) groups is 1. The lowest BCUT2D eigenvalue weighted by atomic mass is 10.1. The summed E-state index contributed by atoms with van der Waals surface area (Å²) in [6.07, 6.45) is 4.15. The SMILES string of the molecule is O=C(NCCc1ccc(Cl)cc1)c1ccc(NCc2ccccn2)cn1. The van der Waals surface area contributed by atoms with E-state index in [1.54, 1.807) is 18.5 Å². The molecule has 132 valence electrons. The highest BCUT2D eigenvalue weighted by atomic mass is 35.5. The minimum absolute atomic E-state index is 0.185. The van der Waals surface area contributed by atoms with Crippen molar-refractivity contribution in [2.45, 2.75) is 13.0 Å². The molecule has 0 aliphatic rings. The second kappa shape index (κ2) is 8.97. The quantitative estimate of drug-likeness (QED) is 0.668. The molecule has 1 aromatic carbocycles. The van der Waals surface area contributed by atoms with Gasteiger partial charge in [-0.15, -0.1) is 0 Å². The minimum Gasteiger partial charge on any atom is -0.378 e. The number of aromatic nitrogens is 2. The van der Waals surface area contributed by atoms with Crippen LogP contribution in [0.5, 0.6) is 0 Å². The lowest BCUT2D eigenvalue weighted by Gasteiger charge is -2.07. The number of rotatable bonds is 7. The average Bonchev–Trinajstić information content (AvgIpc) is 2.69. The molecule has 0 atom stereocenters. The van der Waals surface area contributed by atoms with Gasteiger partial charge in [0.2, 0.25) is 0 Å².